The maximum atomic E-state index is 11.2. The Morgan fingerprint density at radius 3 is 2.47 bits per heavy atom. The van der Waals surface area contributed by atoms with Gasteiger partial charge in [0.25, 0.3) is 0 Å². The fraction of sp³-hybridized carbons (Fsp3) is 0.571. The topological polar surface area (TPSA) is 140 Å². The molecule has 0 radical (unpaired) electrons. The Bertz CT molecular complexity index is 268. The molecular formula is C7H14N4O4. The van der Waals surface area contributed by atoms with Gasteiger partial charge in [0.1, 0.15) is 6.04 Å². The fourth-order valence-electron chi connectivity index (χ4n) is 0.726. The molecule has 0 fully saturated rings. The third-order valence-electron chi connectivity index (χ3n) is 1.61. The van der Waals surface area contributed by atoms with Crippen molar-refractivity contribution in [1.29, 1.82) is 5.41 Å². The summed E-state index contributed by atoms with van der Waals surface area (Å²) in [5, 5.41) is 26.2. The van der Waals surface area contributed by atoms with E-state index in [1.807, 2.05) is 0 Å². The smallest absolute Gasteiger partial charge is 0.328 e. The van der Waals surface area contributed by atoms with E-state index >= 15 is 0 Å². The predicted molar refractivity (Wildman–Crippen MR) is 51.2 cm³/mol. The minimum Gasteiger partial charge on any atom is -0.480 e. The highest BCUT2D eigenvalue weighted by atomic mass is 16.4. The number of aliphatic hydroxyl groups excluding tert-OH is 1. The van der Waals surface area contributed by atoms with E-state index in [2.05, 4.69) is 5.32 Å². The lowest BCUT2D eigenvalue weighted by molar-refractivity contribution is -0.142. The average molecular weight is 218 g/mol. The molecule has 1 amide bonds. The number of carboxylic acid groups (broad SMARTS) is 1. The Kier molecular flexibility index (Phi) is 5.10. The third-order valence-corrected chi connectivity index (χ3v) is 1.61. The van der Waals surface area contributed by atoms with Gasteiger partial charge in [-0.25, -0.2) is 4.79 Å². The third kappa shape index (κ3) is 4.81. The van der Waals surface area contributed by atoms with Gasteiger partial charge in [0.05, 0.1) is 13.2 Å². The quantitative estimate of drug-likeness (QED) is 0.253. The zero-order valence-electron chi connectivity index (χ0n) is 8.23. The van der Waals surface area contributed by atoms with Gasteiger partial charge in [-0.15, -0.1) is 0 Å². The number of likely N-dealkylation sites (N-methyl/N-ethyl adjacent to an activating group) is 1. The molecule has 86 valence electrons. The number of aliphatic carboxylic acids is 1. The number of carboxylic acids is 1. The van der Waals surface area contributed by atoms with Crippen LogP contribution in [0.1, 0.15) is 0 Å². The molecule has 1 atom stereocenters. The van der Waals surface area contributed by atoms with E-state index in [1.165, 1.54) is 7.05 Å². The van der Waals surface area contributed by atoms with E-state index in [0.717, 1.165) is 4.90 Å². The van der Waals surface area contributed by atoms with Crippen LogP contribution in [-0.4, -0.2) is 59.2 Å². The number of nitrogens with zero attached hydrogens (tertiary/aromatic N) is 1. The zero-order valence-corrected chi connectivity index (χ0v) is 8.23. The molecule has 0 aromatic heterocycles. The van der Waals surface area contributed by atoms with Gasteiger partial charge in [0.2, 0.25) is 5.91 Å². The van der Waals surface area contributed by atoms with Crippen LogP contribution in [0.3, 0.4) is 0 Å². The molecule has 15 heavy (non-hydrogen) atoms. The summed E-state index contributed by atoms with van der Waals surface area (Å²) < 4.78 is 0. The largest absolute Gasteiger partial charge is 0.480 e. The second kappa shape index (κ2) is 5.81. The van der Waals surface area contributed by atoms with Gasteiger partial charge >= 0.3 is 5.97 Å². The molecule has 0 aliphatic rings. The summed E-state index contributed by atoms with van der Waals surface area (Å²) in [6.45, 7) is -0.927. The van der Waals surface area contributed by atoms with Gasteiger partial charge in [-0.3, -0.25) is 10.2 Å². The average Bonchev–Trinajstić information content (AvgIpc) is 2.13. The van der Waals surface area contributed by atoms with Crippen molar-refractivity contribution in [3.05, 3.63) is 0 Å². The van der Waals surface area contributed by atoms with E-state index in [1.54, 1.807) is 0 Å². The highest BCUT2D eigenvalue weighted by molar-refractivity contribution is 5.87. The molecule has 8 nitrogen and oxygen atoms in total. The van der Waals surface area contributed by atoms with Crippen LogP contribution in [0.25, 0.3) is 0 Å². The molecule has 0 aliphatic heterocycles. The predicted octanol–water partition coefficient (Wildman–Crippen LogP) is -2.63. The van der Waals surface area contributed by atoms with Gasteiger partial charge in [-0.05, 0) is 0 Å². The van der Waals surface area contributed by atoms with Gasteiger partial charge in [0.15, 0.2) is 5.96 Å². The number of aliphatic hydroxyl groups is 1. The van der Waals surface area contributed by atoms with Gasteiger partial charge in [-0.2, -0.15) is 0 Å². The normalized spacial score (nSPS) is 11.6. The molecule has 0 saturated carbocycles. The van der Waals surface area contributed by atoms with Crippen molar-refractivity contribution in [3.63, 3.8) is 0 Å². The molecule has 0 aliphatic carbocycles. The van der Waals surface area contributed by atoms with E-state index in [4.69, 9.17) is 21.4 Å². The van der Waals surface area contributed by atoms with Crippen LogP contribution in [0.15, 0.2) is 0 Å². The summed E-state index contributed by atoms with van der Waals surface area (Å²) in [5.74, 6) is -2.26. The molecule has 0 aromatic rings. The van der Waals surface area contributed by atoms with Gasteiger partial charge in [0, 0.05) is 7.05 Å². The number of carbonyl (C=O) groups excluding carboxylic acids is 1. The summed E-state index contributed by atoms with van der Waals surface area (Å²) in [6.07, 6.45) is 0. The number of carbonyl (C=O) groups is 2. The molecule has 0 heterocycles. The van der Waals surface area contributed by atoms with Crippen LogP contribution in [0.5, 0.6) is 0 Å². The Labute approximate surface area is 86.2 Å². The number of rotatable bonds is 5. The standard InChI is InChI=1S/C7H14N4O4/c1-11(7(8)9)2-5(13)10-4(3-12)6(14)15/h4,12H,2-3H2,1H3,(H3,8,9)(H,10,13)(H,14,15)/t4-/m0/s1. The van der Waals surface area contributed by atoms with Gasteiger partial charge in [-0.1, -0.05) is 0 Å². The maximum absolute atomic E-state index is 11.2. The molecule has 0 aromatic carbocycles. The first-order chi connectivity index (χ1) is 6.88. The molecule has 0 rings (SSSR count). The number of nitrogens with one attached hydrogen (secondary N) is 2. The zero-order chi connectivity index (χ0) is 12.0. The first-order valence-corrected chi connectivity index (χ1v) is 4.06. The summed E-state index contributed by atoms with van der Waals surface area (Å²) in [4.78, 5) is 22.7. The lowest BCUT2D eigenvalue weighted by atomic mass is 10.3. The van der Waals surface area contributed by atoms with E-state index in [9.17, 15) is 9.59 Å². The first-order valence-electron chi connectivity index (χ1n) is 4.06. The minimum absolute atomic E-state index is 0.237. The summed E-state index contributed by atoms with van der Waals surface area (Å²) in [7, 11) is 1.41. The molecule has 6 N–H and O–H groups in total. The summed E-state index contributed by atoms with van der Waals surface area (Å²) in [5.41, 5.74) is 5.07. The minimum atomic E-state index is -1.34. The number of hydrogen-bond acceptors (Lipinski definition) is 4. The molecular weight excluding hydrogens is 204 g/mol. The Morgan fingerprint density at radius 2 is 2.13 bits per heavy atom. The maximum Gasteiger partial charge on any atom is 0.328 e. The SMILES string of the molecule is CN(CC(=O)N[C@@H](CO)C(=O)O)C(=N)N. The van der Waals surface area contributed by atoms with Crippen molar-refractivity contribution in [2.75, 3.05) is 20.2 Å². The van der Waals surface area contributed by atoms with Crippen molar-refractivity contribution >= 4 is 17.8 Å². The van der Waals surface area contributed by atoms with E-state index < -0.39 is 24.5 Å². The molecule has 8 heteroatoms. The molecule has 0 saturated heterocycles. The van der Waals surface area contributed by atoms with Crippen LogP contribution in [0.2, 0.25) is 0 Å². The summed E-state index contributed by atoms with van der Waals surface area (Å²) >= 11 is 0. The number of amides is 1. The second-order valence-electron chi connectivity index (χ2n) is 2.88. The molecule has 0 bridgehead atoms. The second-order valence-corrected chi connectivity index (χ2v) is 2.88. The van der Waals surface area contributed by atoms with Crippen LogP contribution >= 0.6 is 0 Å². The lowest BCUT2D eigenvalue weighted by Gasteiger charge is -2.17. The van der Waals surface area contributed by atoms with Crippen LogP contribution < -0.4 is 11.1 Å². The molecule has 0 spiro atoms. The van der Waals surface area contributed by atoms with Crippen LogP contribution in [0, 0.1) is 5.41 Å². The van der Waals surface area contributed by atoms with Crippen molar-refractivity contribution in [2.45, 2.75) is 6.04 Å². The number of hydrogen-bond donors (Lipinski definition) is 5. The Morgan fingerprint density at radius 1 is 1.60 bits per heavy atom. The molecule has 0 unspecified atom stereocenters. The first kappa shape index (κ1) is 13.2. The summed E-state index contributed by atoms with van der Waals surface area (Å²) in [6, 6.07) is -1.34. The Hall–Kier alpha value is -1.83. The van der Waals surface area contributed by atoms with Crippen LogP contribution in [-0.2, 0) is 9.59 Å². The van der Waals surface area contributed by atoms with Crippen molar-refractivity contribution in [3.8, 4) is 0 Å². The van der Waals surface area contributed by atoms with Crippen LogP contribution in [0.4, 0.5) is 0 Å². The van der Waals surface area contributed by atoms with Crippen molar-refractivity contribution < 1.29 is 19.8 Å². The van der Waals surface area contributed by atoms with Crippen molar-refractivity contribution in [1.82, 2.24) is 10.2 Å². The van der Waals surface area contributed by atoms with Crippen molar-refractivity contribution in [2.24, 2.45) is 5.73 Å². The van der Waals surface area contributed by atoms with Gasteiger partial charge < -0.3 is 26.2 Å². The monoisotopic (exact) mass is 218 g/mol. The Balaban J connectivity index is 4.13. The number of nitrogens with two attached hydrogens (primary N) is 1. The van der Waals surface area contributed by atoms with E-state index in [0.29, 0.717) is 0 Å². The van der Waals surface area contributed by atoms with E-state index in [-0.39, 0.29) is 12.5 Å². The fourth-order valence-corrected chi connectivity index (χ4v) is 0.726. The number of guanidine groups is 1. The lowest BCUT2D eigenvalue weighted by Crippen LogP contribution is -2.48. The highest BCUT2D eigenvalue weighted by Crippen LogP contribution is 1.85. The highest BCUT2D eigenvalue weighted by Gasteiger charge is 2.19.